The van der Waals surface area contributed by atoms with Gasteiger partial charge in [-0.05, 0) is 23.6 Å². The summed E-state index contributed by atoms with van der Waals surface area (Å²) in [5.74, 6) is -1.48. The van der Waals surface area contributed by atoms with Gasteiger partial charge < -0.3 is 10.1 Å². The van der Waals surface area contributed by atoms with Crippen LogP contribution in [0.15, 0.2) is 47.9 Å². The lowest BCUT2D eigenvalue weighted by molar-refractivity contribution is -0.143. The third-order valence-electron chi connectivity index (χ3n) is 2.71. The van der Waals surface area contributed by atoms with Crippen molar-refractivity contribution in [3.05, 3.63) is 64.1 Å². The molecule has 1 heterocycles. The van der Waals surface area contributed by atoms with E-state index in [-0.39, 0.29) is 6.54 Å². The maximum atomic E-state index is 13.3. The number of rotatable bonds is 6. The summed E-state index contributed by atoms with van der Waals surface area (Å²) in [5.41, 5.74) is 0.375. The molecule has 1 aromatic heterocycles. The predicted octanol–water partition coefficient (Wildman–Crippen LogP) is 2.76. The van der Waals surface area contributed by atoms with Crippen LogP contribution in [0.2, 0.25) is 0 Å². The second kappa shape index (κ2) is 8.09. The lowest BCUT2D eigenvalue weighted by Gasteiger charge is -2.06. The summed E-state index contributed by atoms with van der Waals surface area (Å²) >= 11 is 1.49. The lowest BCUT2D eigenvalue weighted by Crippen LogP contribution is -2.28. The van der Waals surface area contributed by atoms with Gasteiger partial charge in [-0.15, -0.1) is 11.3 Å². The summed E-state index contributed by atoms with van der Waals surface area (Å²) in [6.07, 6.45) is 2.88. The Bertz CT molecular complexity index is 668. The molecule has 0 aliphatic carbocycles. The maximum Gasteiger partial charge on any atom is 0.331 e. The fraction of sp³-hybridized carbons (Fsp3) is 0.125. The monoisotopic (exact) mass is 319 g/mol. The molecule has 2 rings (SSSR count). The highest BCUT2D eigenvalue weighted by Crippen LogP contribution is 2.10. The number of thiophene rings is 1. The first-order valence-electron chi connectivity index (χ1n) is 6.53. The molecular formula is C16H14FNO3S. The van der Waals surface area contributed by atoms with Crippen molar-refractivity contribution in [2.24, 2.45) is 0 Å². The van der Waals surface area contributed by atoms with E-state index in [1.807, 2.05) is 17.5 Å². The van der Waals surface area contributed by atoms with Gasteiger partial charge in [0.1, 0.15) is 5.82 Å². The molecule has 1 amide bonds. The van der Waals surface area contributed by atoms with E-state index >= 15 is 0 Å². The maximum absolute atomic E-state index is 13.3. The molecule has 4 nitrogen and oxygen atoms in total. The van der Waals surface area contributed by atoms with Gasteiger partial charge in [-0.3, -0.25) is 4.79 Å². The Morgan fingerprint density at radius 1 is 1.23 bits per heavy atom. The summed E-state index contributed by atoms with van der Waals surface area (Å²) in [4.78, 5) is 23.9. The van der Waals surface area contributed by atoms with Crippen molar-refractivity contribution >= 4 is 29.3 Å². The van der Waals surface area contributed by atoms with Gasteiger partial charge in [0.15, 0.2) is 6.61 Å². The van der Waals surface area contributed by atoms with Crippen molar-refractivity contribution in [1.82, 2.24) is 5.32 Å². The standard InChI is InChI=1S/C16H14FNO3S/c17-14-6-2-1-4-12(14)10-18-15(19)11-21-16(20)8-7-13-5-3-9-22-13/h1-9H,10-11H2,(H,18,19)/b8-7+. The molecule has 0 bridgehead atoms. The number of carbonyl (C=O) groups is 2. The summed E-state index contributed by atoms with van der Waals surface area (Å²) in [6.45, 7) is -0.351. The Labute approximate surface area is 131 Å². The van der Waals surface area contributed by atoms with Crippen LogP contribution >= 0.6 is 11.3 Å². The number of hydrogen-bond donors (Lipinski definition) is 1. The molecule has 0 aliphatic rings. The molecule has 0 fully saturated rings. The number of esters is 1. The fourth-order valence-corrected chi connectivity index (χ4v) is 2.23. The average molecular weight is 319 g/mol. The molecule has 1 aromatic carbocycles. The molecular weight excluding hydrogens is 305 g/mol. The van der Waals surface area contributed by atoms with E-state index in [1.54, 1.807) is 24.3 Å². The lowest BCUT2D eigenvalue weighted by atomic mass is 10.2. The highest BCUT2D eigenvalue weighted by Gasteiger charge is 2.06. The van der Waals surface area contributed by atoms with Crippen LogP contribution in [0.3, 0.4) is 0 Å². The van der Waals surface area contributed by atoms with Crippen LogP contribution in [0.4, 0.5) is 4.39 Å². The van der Waals surface area contributed by atoms with Crippen LogP contribution < -0.4 is 5.32 Å². The van der Waals surface area contributed by atoms with Crippen LogP contribution in [-0.2, 0) is 20.9 Å². The molecule has 6 heteroatoms. The number of amides is 1. The predicted molar refractivity (Wildman–Crippen MR) is 82.6 cm³/mol. The van der Waals surface area contributed by atoms with Gasteiger partial charge in [-0.1, -0.05) is 24.3 Å². The second-order valence-electron chi connectivity index (χ2n) is 4.32. The molecule has 0 saturated heterocycles. The zero-order valence-corrected chi connectivity index (χ0v) is 12.4. The van der Waals surface area contributed by atoms with E-state index in [9.17, 15) is 14.0 Å². The van der Waals surface area contributed by atoms with E-state index in [2.05, 4.69) is 5.32 Å². The van der Waals surface area contributed by atoms with Gasteiger partial charge in [0.2, 0.25) is 0 Å². The van der Waals surface area contributed by atoms with Crippen molar-refractivity contribution < 1.29 is 18.7 Å². The van der Waals surface area contributed by atoms with Crippen LogP contribution in [-0.4, -0.2) is 18.5 Å². The molecule has 0 unspecified atom stereocenters. The number of hydrogen-bond acceptors (Lipinski definition) is 4. The second-order valence-corrected chi connectivity index (χ2v) is 5.30. The van der Waals surface area contributed by atoms with Crippen LogP contribution in [0.25, 0.3) is 6.08 Å². The third kappa shape index (κ3) is 5.14. The highest BCUT2D eigenvalue weighted by molar-refractivity contribution is 7.10. The number of carbonyl (C=O) groups excluding carboxylic acids is 2. The summed E-state index contributed by atoms with van der Waals surface area (Å²) in [6, 6.07) is 9.87. The van der Waals surface area contributed by atoms with E-state index in [1.165, 1.54) is 23.5 Å². The Balaban J connectivity index is 1.71. The van der Waals surface area contributed by atoms with Crippen LogP contribution in [0.1, 0.15) is 10.4 Å². The van der Waals surface area contributed by atoms with Gasteiger partial charge in [0.25, 0.3) is 5.91 Å². The molecule has 0 atom stereocenters. The first kappa shape index (κ1) is 15.9. The minimum absolute atomic E-state index is 0.0497. The van der Waals surface area contributed by atoms with Gasteiger partial charge in [-0.25, -0.2) is 9.18 Å². The minimum atomic E-state index is -0.602. The van der Waals surface area contributed by atoms with Crippen LogP contribution in [0.5, 0.6) is 0 Å². The zero-order chi connectivity index (χ0) is 15.8. The Morgan fingerprint density at radius 2 is 2.05 bits per heavy atom. The SMILES string of the molecule is O=C(COC(=O)/C=C/c1cccs1)NCc1ccccc1F. The largest absolute Gasteiger partial charge is 0.452 e. The number of halogens is 1. The van der Waals surface area contributed by atoms with Gasteiger partial charge >= 0.3 is 5.97 Å². The normalized spacial score (nSPS) is 10.6. The Kier molecular flexibility index (Phi) is 5.85. The van der Waals surface area contributed by atoms with Gasteiger partial charge in [-0.2, -0.15) is 0 Å². The van der Waals surface area contributed by atoms with E-state index < -0.39 is 24.3 Å². The molecule has 0 radical (unpaired) electrons. The minimum Gasteiger partial charge on any atom is -0.452 e. The highest BCUT2D eigenvalue weighted by atomic mass is 32.1. The van der Waals surface area contributed by atoms with E-state index in [4.69, 9.17) is 4.74 Å². The van der Waals surface area contributed by atoms with Crippen molar-refractivity contribution in [3.63, 3.8) is 0 Å². The average Bonchev–Trinajstić information content (AvgIpc) is 3.03. The number of benzene rings is 1. The summed E-state index contributed by atoms with van der Waals surface area (Å²) < 4.78 is 18.1. The van der Waals surface area contributed by atoms with Gasteiger partial charge in [0.05, 0.1) is 0 Å². The quantitative estimate of drug-likeness (QED) is 0.658. The smallest absolute Gasteiger partial charge is 0.331 e. The van der Waals surface area contributed by atoms with E-state index in [0.717, 1.165) is 4.88 Å². The molecule has 0 aliphatic heterocycles. The first-order chi connectivity index (χ1) is 10.6. The van der Waals surface area contributed by atoms with Crippen molar-refractivity contribution in [2.75, 3.05) is 6.61 Å². The van der Waals surface area contributed by atoms with Crippen molar-refractivity contribution in [3.8, 4) is 0 Å². The zero-order valence-electron chi connectivity index (χ0n) is 11.6. The molecule has 22 heavy (non-hydrogen) atoms. The topological polar surface area (TPSA) is 55.4 Å². The summed E-state index contributed by atoms with van der Waals surface area (Å²) in [7, 11) is 0. The molecule has 0 spiro atoms. The summed E-state index contributed by atoms with van der Waals surface area (Å²) in [5, 5.41) is 4.38. The van der Waals surface area contributed by atoms with Crippen molar-refractivity contribution in [1.29, 1.82) is 0 Å². The number of nitrogens with one attached hydrogen (secondary N) is 1. The molecule has 114 valence electrons. The fourth-order valence-electron chi connectivity index (χ4n) is 1.61. The third-order valence-corrected chi connectivity index (χ3v) is 3.54. The molecule has 0 saturated carbocycles. The Hall–Kier alpha value is -2.47. The number of ether oxygens (including phenoxy) is 1. The van der Waals surface area contributed by atoms with E-state index in [0.29, 0.717) is 5.56 Å². The molecule has 2 aromatic rings. The first-order valence-corrected chi connectivity index (χ1v) is 7.41. The molecule has 1 N–H and O–H groups in total. The Morgan fingerprint density at radius 3 is 2.77 bits per heavy atom. The van der Waals surface area contributed by atoms with Gasteiger partial charge in [0, 0.05) is 23.1 Å². The van der Waals surface area contributed by atoms with Crippen LogP contribution in [0, 0.1) is 5.82 Å². The van der Waals surface area contributed by atoms with Crippen molar-refractivity contribution in [2.45, 2.75) is 6.54 Å².